The fourth-order valence-electron chi connectivity index (χ4n) is 3.57. The summed E-state index contributed by atoms with van der Waals surface area (Å²) < 4.78 is 38.2. The Kier molecular flexibility index (Phi) is 8.15. The summed E-state index contributed by atoms with van der Waals surface area (Å²) in [5.41, 5.74) is 2.14. The topological polar surface area (TPSA) is 84.9 Å². The molecular weight excluding hydrogens is 428 g/mol. The van der Waals surface area contributed by atoms with E-state index in [1.54, 1.807) is 24.3 Å². The summed E-state index contributed by atoms with van der Waals surface area (Å²) >= 11 is 0. The third-order valence-corrected chi connectivity index (χ3v) is 7.60. The van der Waals surface area contributed by atoms with Gasteiger partial charge < -0.3 is 14.8 Å². The molecule has 0 spiro atoms. The molecule has 0 bridgehead atoms. The molecule has 174 valence electrons. The van der Waals surface area contributed by atoms with Crippen LogP contribution in [0.25, 0.3) is 0 Å². The van der Waals surface area contributed by atoms with Crippen LogP contribution in [0, 0.1) is 13.8 Å². The van der Waals surface area contributed by atoms with Crippen LogP contribution in [-0.2, 0) is 14.8 Å². The largest absolute Gasteiger partial charge is 0.492 e. The Morgan fingerprint density at radius 3 is 2.44 bits per heavy atom. The van der Waals surface area contributed by atoms with Crippen LogP contribution >= 0.6 is 0 Å². The minimum atomic E-state index is -3.43. The van der Waals surface area contributed by atoms with E-state index in [4.69, 9.17) is 9.47 Å². The second-order valence-corrected chi connectivity index (χ2v) is 9.87. The van der Waals surface area contributed by atoms with Gasteiger partial charge in [0.1, 0.15) is 18.1 Å². The monoisotopic (exact) mass is 460 g/mol. The Labute approximate surface area is 190 Å². The third-order valence-electron chi connectivity index (χ3n) is 5.68. The average Bonchev–Trinajstić information content (AvgIpc) is 3.34. The van der Waals surface area contributed by atoms with E-state index < -0.39 is 16.1 Å². The second kappa shape index (κ2) is 10.8. The van der Waals surface area contributed by atoms with Gasteiger partial charge >= 0.3 is 0 Å². The van der Waals surface area contributed by atoms with Gasteiger partial charge in [0.15, 0.2) is 6.10 Å². The number of rotatable bonds is 10. The Morgan fingerprint density at radius 2 is 1.78 bits per heavy atom. The molecule has 1 aliphatic rings. The number of hydrogen-bond donors (Lipinski definition) is 1. The molecule has 1 unspecified atom stereocenters. The van der Waals surface area contributed by atoms with Gasteiger partial charge in [-0.1, -0.05) is 19.1 Å². The Hall–Kier alpha value is -2.58. The number of nitrogens with zero attached hydrogens (tertiary/aromatic N) is 1. The molecule has 0 saturated carbocycles. The van der Waals surface area contributed by atoms with Crippen molar-refractivity contribution >= 4 is 15.9 Å². The number of amides is 1. The zero-order valence-corrected chi connectivity index (χ0v) is 19.8. The first-order valence-electron chi connectivity index (χ1n) is 11.1. The van der Waals surface area contributed by atoms with E-state index in [1.165, 1.54) is 4.31 Å². The van der Waals surface area contributed by atoms with Crippen LogP contribution in [0.2, 0.25) is 0 Å². The molecule has 1 fully saturated rings. The first kappa shape index (κ1) is 24.1. The number of aryl methyl sites for hydroxylation is 1. The number of carbonyl (C=O) groups is 1. The summed E-state index contributed by atoms with van der Waals surface area (Å²) in [6.45, 7) is 7.63. The van der Waals surface area contributed by atoms with Crippen LogP contribution in [0.4, 0.5) is 0 Å². The lowest BCUT2D eigenvalue weighted by Gasteiger charge is -2.19. The van der Waals surface area contributed by atoms with Crippen molar-refractivity contribution in [2.45, 2.75) is 51.0 Å². The van der Waals surface area contributed by atoms with E-state index in [2.05, 4.69) is 5.32 Å². The minimum absolute atomic E-state index is 0.191. The third kappa shape index (κ3) is 5.81. The number of carbonyl (C=O) groups excluding carboxylic acids is 1. The highest BCUT2D eigenvalue weighted by Crippen LogP contribution is 2.24. The predicted molar refractivity (Wildman–Crippen MR) is 124 cm³/mol. The van der Waals surface area contributed by atoms with E-state index in [0.29, 0.717) is 37.6 Å². The molecule has 1 heterocycles. The normalized spacial score (nSPS) is 15.3. The van der Waals surface area contributed by atoms with Crippen molar-refractivity contribution in [1.82, 2.24) is 9.62 Å². The quantitative estimate of drug-likeness (QED) is 0.549. The molecular formula is C24H32N2O5S. The van der Waals surface area contributed by atoms with Crippen molar-refractivity contribution in [1.29, 1.82) is 0 Å². The zero-order valence-electron chi connectivity index (χ0n) is 19.0. The average molecular weight is 461 g/mol. The molecule has 0 aromatic heterocycles. The maximum absolute atomic E-state index is 12.6. The van der Waals surface area contributed by atoms with Crippen LogP contribution in [-0.4, -0.2) is 51.0 Å². The van der Waals surface area contributed by atoms with E-state index >= 15 is 0 Å². The van der Waals surface area contributed by atoms with Crippen molar-refractivity contribution in [2.24, 2.45) is 0 Å². The van der Waals surface area contributed by atoms with Crippen LogP contribution in [0.3, 0.4) is 0 Å². The Balaban J connectivity index is 1.46. The van der Waals surface area contributed by atoms with Gasteiger partial charge in [0.2, 0.25) is 10.0 Å². The van der Waals surface area contributed by atoms with Gasteiger partial charge in [0.25, 0.3) is 5.91 Å². The van der Waals surface area contributed by atoms with Gasteiger partial charge in [-0.2, -0.15) is 4.31 Å². The molecule has 3 rings (SSSR count). The van der Waals surface area contributed by atoms with Crippen molar-refractivity contribution < 1.29 is 22.7 Å². The molecule has 0 aliphatic carbocycles. The highest BCUT2D eigenvalue weighted by molar-refractivity contribution is 7.89. The van der Waals surface area contributed by atoms with Crippen molar-refractivity contribution in [2.75, 3.05) is 26.2 Å². The van der Waals surface area contributed by atoms with Gasteiger partial charge in [-0.25, -0.2) is 8.42 Å². The molecule has 32 heavy (non-hydrogen) atoms. The molecule has 1 N–H and O–H groups in total. The molecule has 1 aliphatic heterocycles. The SMILES string of the molecule is CCC(Oc1cccc(C)c1C)C(=O)NCCOc1ccc(S(=O)(=O)N2CCCC2)cc1. The van der Waals surface area contributed by atoms with Crippen LogP contribution in [0.1, 0.15) is 37.3 Å². The predicted octanol–water partition coefficient (Wildman–Crippen LogP) is 3.44. The molecule has 8 heteroatoms. The van der Waals surface area contributed by atoms with Crippen LogP contribution in [0.5, 0.6) is 11.5 Å². The first-order chi connectivity index (χ1) is 15.3. The molecule has 1 saturated heterocycles. The summed E-state index contributed by atoms with van der Waals surface area (Å²) in [6.07, 6.45) is 1.78. The minimum Gasteiger partial charge on any atom is -0.492 e. The summed E-state index contributed by atoms with van der Waals surface area (Å²) in [7, 11) is -3.43. The van der Waals surface area contributed by atoms with Crippen molar-refractivity contribution in [3.63, 3.8) is 0 Å². The lowest BCUT2D eigenvalue weighted by molar-refractivity contribution is -0.128. The first-order valence-corrected chi connectivity index (χ1v) is 12.5. The maximum Gasteiger partial charge on any atom is 0.261 e. The molecule has 2 aromatic rings. The summed E-state index contributed by atoms with van der Waals surface area (Å²) in [5, 5.41) is 2.84. The van der Waals surface area contributed by atoms with E-state index in [0.717, 1.165) is 24.0 Å². The Bertz CT molecular complexity index is 1020. The van der Waals surface area contributed by atoms with Crippen molar-refractivity contribution in [3.8, 4) is 11.5 Å². The highest BCUT2D eigenvalue weighted by atomic mass is 32.2. The van der Waals surface area contributed by atoms with Crippen LogP contribution in [0.15, 0.2) is 47.4 Å². The van der Waals surface area contributed by atoms with Crippen molar-refractivity contribution in [3.05, 3.63) is 53.6 Å². The summed E-state index contributed by atoms with van der Waals surface area (Å²) in [4.78, 5) is 12.8. The Morgan fingerprint density at radius 1 is 1.09 bits per heavy atom. The molecule has 1 amide bonds. The van der Waals surface area contributed by atoms with Gasteiger partial charge in [-0.05, 0) is 74.6 Å². The van der Waals surface area contributed by atoms with Gasteiger partial charge in [0, 0.05) is 13.1 Å². The fourth-order valence-corrected chi connectivity index (χ4v) is 5.09. The number of nitrogens with one attached hydrogen (secondary N) is 1. The summed E-state index contributed by atoms with van der Waals surface area (Å²) in [6, 6.07) is 12.2. The van der Waals surface area contributed by atoms with E-state index in [1.807, 2.05) is 39.0 Å². The molecule has 7 nitrogen and oxygen atoms in total. The lowest BCUT2D eigenvalue weighted by atomic mass is 10.1. The number of ether oxygens (including phenoxy) is 2. The number of hydrogen-bond acceptors (Lipinski definition) is 5. The summed E-state index contributed by atoms with van der Waals surface area (Å²) in [5.74, 6) is 1.08. The van der Waals surface area contributed by atoms with E-state index in [9.17, 15) is 13.2 Å². The smallest absolute Gasteiger partial charge is 0.261 e. The van der Waals surface area contributed by atoms with Gasteiger partial charge in [0.05, 0.1) is 11.4 Å². The number of sulfonamides is 1. The number of benzene rings is 2. The molecule has 1 atom stereocenters. The van der Waals surface area contributed by atoms with Gasteiger partial charge in [-0.3, -0.25) is 4.79 Å². The van der Waals surface area contributed by atoms with Crippen LogP contribution < -0.4 is 14.8 Å². The second-order valence-electron chi connectivity index (χ2n) is 7.93. The molecule has 2 aromatic carbocycles. The fraction of sp³-hybridized carbons (Fsp3) is 0.458. The molecule has 0 radical (unpaired) electrons. The standard InChI is InChI=1S/C24H32N2O5S/c1-4-22(31-23-9-7-8-18(2)19(23)3)24(27)25-14-17-30-20-10-12-21(13-11-20)32(28,29)26-15-5-6-16-26/h7-13,22H,4-6,14-17H2,1-3H3,(H,25,27). The zero-order chi connectivity index (χ0) is 23.1. The van der Waals surface area contributed by atoms with E-state index in [-0.39, 0.29) is 17.4 Å². The van der Waals surface area contributed by atoms with Gasteiger partial charge in [-0.15, -0.1) is 0 Å². The lowest BCUT2D eigenvalue weighted by Crippen LogP contribution is -2.39. The maximum atomic E-state index is 12.6. The highest BCUT2D eigenvalue weighted by Gasteiger charge is 2.27.